The van der Waals surface area contributed by atoms with Gasteiger partial charge < -0.3 is 5.73 Å². The SMILES string of the molecule is CC(C)Cn1nnc(CN)c1-c1cccnc1. The lowest BCUT2D eigenvalue weighted by Gasteiger charge is -2.09. The lowest BCUT2D eigenvalue weighted by molar-refractivity contribution is 0.475. The Morgan fingerprint density at radius 1 is 1.41 bits per heavy atom. The van der Waals surface area contributed by atoms with Crippen LogP contribution >= 0.6 is 0 Å². The Labute approximate surface area is 101 Å². The maximum Gasteiger partial charge on any atom is 0.104 e. The van der Waals surface area contributed by atoms with Gasteiger partial charge in [-0.2, -0.15) is 0 Å². The minimum absolute atomic E-state index is 0.391. The van der Waals surface area contributed by atoms with Gasteiger partial charge >= 0.3 is 0 Å². The first-order valence-electron chi connectivity index (χ1n) is 5.75. The Morgan fingerprint density at radius 3 is 2.82 bits per heavy atom. The van der Waals surface area contributed by atoms with Crippen molar-refractivity contribution in [3.63, 3.8) is 0 Å². The van der Waals surface area contributed by atoms with E-state index in [0.717, 1.165) is 23.5 Å². The Kier molecular flexibility index (Phi) is 3.49. The molecule has 0 fully saturated rings. The monoisotopic (exact) mass is 231 g/mol. The fourth-order valence-corrected chi connectivity index (χ4v) is 1.78. The van der Waals surface area contributed by atoms with Crippen molar-refractivity contribution in [1.29, 1.82) is 0 Å². The van der Waals surface area contributed by atoms with Crippen LogP contribution in [-0.2, 0) is 13.1 Å². The lowest BCUT2D eigenvalue weighted by atomic mass is 10.1. The molecule has 0 bridgehead atoms. The van der Waals surface area contributed by atoms with E-state index in [1.807, 2.05) is 23.0 Å². The summed E-state index contributed by atoms with van der Waals surface area (Å²) in [6.07, 6.45) is 3.57. The highest BCUT2D eigenvalue weighted by atomic mass is 15.4. The van der Waals surface area contributed by atoms with Crippen LogP contribution < -0.4 is 5.73 Å². The normalized spacial score (nSPS) is 11.1. The largest absolute Gasteiger partial charge is 0.325 e. The Hall–Kier alpha value is -1.75. The average molecular weight is 231 g/mol. The number of hydrogen-bond acceptors (Lipinski definition) is 4. The van der Waals surface area contributed by atoms with Crippen LogP contribution in [0.5, 0.6) is 0 Å². The molecule has 2 rings (SSSR count). The molecule has 0 aliphatic heterocycles. The number of nitrogens with zero attached hydrogens (tertiary/aromatic N) is 4. The van der Waals surface area contributed by atoms with E-state index in [4.69, 9.17) is 5.73 Å². The second-order valence-electron chi connectivity index (χ2n) is 4.41. The van der Waals surface area contributed by atoms with Crippen molar-refractivity contribution < 1.29 is 0 Å². The third kappa shape index (κ3) is 2.50. The van der Waals surface area contributed by atoms with Crippen molar-refractivity contribution >= 4 is 0 Å². The molecule has 0 radical (unpaired) electrons. The average Bonchev–Trinajstić information content (AvgIpc) is 2.72. The molecule has 2 heterocycles. The highest BCUT2D eigenvalue weighted by Gasteiger charge is 2.14. The van der Waals surface area contributed by atoms with E-state index in [0.29, 0.717) is 12.5 Å². The molecule has 0 atom stereocenters. The predicted molar refractivity (Wildman–Crippen MR) is 66.0 cm³/mol. The van der Waals surface area contributed by atoms with Crippen LogP contribution in [0.4, 0.5) is 0 Å². The second kappa shape index (κ2) is 5.05. The van der Waals surface area contributed by atoms with E-state index in [1.165, 1.54) is 0 Å². The Bertz CT molecular complexity index is 475. The molecule has 17 heavy (non-hydrogen) atoms. The van der Waals surface area contributed by atoms with Gasteiger partial charge in [0.1, 0.15) is 5.69 Å². The smallest absolute Gasteiger partial charge is 0.104 e. The van der Waals surface area contributed by atoms with Gasteiger partial charge in [-0.25, -0.2) is 4.68 Å². The van der Waals surface area contributed by atoms with Gasteiger partial charge in [-0.15, -0.1) is 5.10 Å². The fourth-order valence-electron chi connectivity index (χ4n) is 1.78. The first kappa shape index (κ1) is 11.7. The van der Waals surface area contributed by atoms with Crippen molar-refractivity contribution in [2.45, 2.75) is 26.9 Å². The Balaban J connectivity index is 2.46. The first-order valence-corrected chi connectivity index (χ1v) is 5.75. The zero-order valence-corrected chi connectivity index (χ0v) is 10.2. The second-order valence-corrected chi connectivity index (χ2v) is 4.41. The zero-order chi connectivity index (χ0) is 12.3. The fraction of sp³-hybridized carbons (Fsp3) is 0.417. The van der Waals surface area contributed by atoms with Crippen LogP contribution in [0.3, 0.4) is 0 Å². The summed E-state index contributed by atoms with van der Waals surface area (Å²) in [7, 11) is 0. The molecular formula is C12H17N5. The van der Waals surface area contributed by atoms with E-state index in [-0.39, 0.29) is 0 Å². The molecule has 0 saturated heterocycles. The van der Waals surface area contributed by atoms with Crippen LogP contribution in [0.25, 0.3) is 11.3 Å². The molecule has 0 amide bonds. The van der Waals surface area contributed by atoms with Crippen LogP contribution in [0.1, 0.15) is 19.5 Å². The molecule has 0 saturated carbocycles. The number of aromatic nitrogens is 4. The standard InChI is InChI=1S/C12H17N5/c1-9(2)8-17-12(11(6-13)15-16-17)10-4-3-5-14-7-10/h3-5,7,9H,6,8,13H2,1-2H3. The summed E-state index contributed by atoms with van der Waals surface area (Å²) in [6.45, 7) is 5.52. The molecule has 0 aromatic carbocycles. The maximum atomic E-state index is 5.70. The van der Waals surface area contributed by atoms with Gasteiger partial charge in [0, 0.05) is 31.0 Å². The zero-order valence-electron chi connectivity index (χ0n) is 10.2. The molecule has 0 aliphatic carbocycles. The van der Waals surface area contributed by atoms with Crippen LogP contribution in [-0.4, -0.2) is 20.0 Å². The van der Waals surface area contributed by atoms with Gasteiger partial charge in [-0.05, 0) is 18.1 Å². The first-order chi connectivity index (χ1) is 8.22. The lowest BCUT2D eigenvalue weighted by Crippen LogP contribution is -2.09. The summed E-state index contributed by atoms with van der Waals surface area (Å²) in [6, 6.07) is 3.91. The quantitative estimate of drug-likeness (QED) is 0.864. The topological polar surface area (TPSA) is 69.6 Å². The van der Waals surface area contributed by atoms with Crippen molar-refractivity contribution in [3.05, 3.63) is 30.2 Å². The molecule has 0 spiro atoms. The third-order valence-electron chi connectivity index (χ3n) is 2.47. The predicted octanol–water partition coefficient (Wildman–Crippen LogP) is 1.45. The summed E-state index contributed by atoms with van der Waals surface area (Å²) < 4.78 is 1.91. The van der Waals surface area contributed by atoms with Gasteiger partial charge in [0.15, 0.2) is 0 Å². The van der Waals surface area contributed by atoms with Gasteiger partial charge in [-0.3, -0.25) is 4.98 Å². The molecule has 5 nitrogen and oxygen atoms in total. The number of pyridine rings is 1. The van der Waals surface area contributed by atoms with Crippen LogP contribution in [0.15, 0.2) is 24.5 Å². The van der Waals surface area contributed by atoms with Crippen LogP contribution in [0.2, 0.25) is 0 Å². The third-order valence-corrected chi connectivity index (χ3v) is 2.47. The van der Waals surface area contributed by atoms with E-state index in [1.54, 1.807) is 6.20 Å². The van der Waals surface area contributed by atoms with Crippen molar-refractivity contribution in [1.82, 2.24) is 20.0 Å². The van der Waals surface area contributed by atoms with Crippen molar-refractivity contribution in [3.8, 4) is 11.3 Å². The van der Waals surface area contributed by atoms with Crippen LogP contribution in [0, 0.1) is 5.92 Å². The highest BCUT2D eigenvalue weighted by molar-refractivity contribution is 5.60. The molecule has 5 heteroatoms. The molecule has 2 N–H and O–H groups in total. The number of hydrogen-bond donors (Lipinski definition) is 1. The number of rotatable bonds is 4. The molecular weight excluding hydrogens is 214 g/mol. The Morgan fingerprint density at radius 2 is 2.24 bits per heavy atom. The summed E-state index contributed by atoms with van der Waals surface area (Å²) in [5.74, 6) is 0.512. The highest BCUT2D eigenvalue weighted by Crippen LogP contribution is 2.21. The summed E-state index contributed by atoms with van der Waals surface area (Å²) in [5.41, 5.74) is 8.51. The van der Waals surface area contributed by atoms with E-state index >= 15 is 0 Å². The number of nitrogens with two attached hydrogens (primary N) is 1. The molecule has 90 valence electrons. The molecule has 0 unspecified atom stereocenters. The van der Waals surface area contributed by atoms with E-state index in [2.05, 4.69) is 29.1 Å². The van der Waals surface area contributed by atoms with Gasteiger partial charge in [0.05, 0.1) is 5.69 Å². The summed E-state index contributed by atoms with van der Waals surface area (Å²) in [4.78, 5) is 4.13. The summed E-state index contributed by atoms with van der Waals surface area (Å²) >= 11 is 0. The van der Waals surface area contributed by atoms with Crippen molar-refractivity contribution in [2.24, 2.45) is 11.7 Å². The minimum Gasteiger partial charge on any atom is -0.325 e. The molecule has 2 aromatic rings. The van der Waals surface area contributed by atoms with Gasteiger partial charge in [-0.1, -0.05) is 19.1 Å². The van der Waals surface area contributed by atoms with E-state index < -0.39 is 0 Å². The van der Waals surface area contributed by atoms with Crippen molar-refractivity contribution in [2.75, 3.05) is 0 Å². The van der Waals surface area contributed by atoms with E-state index in [9.17, 15) is 0 Å². The van der Waals surface area contributed by atoms with Gasteiger partial charge in [0.25, 0.3) is 0 Å². The summed E-state index contributed by atoms with van der Waals surface area (Å²) in [5, 5.41) is 8.29. The minimum atomic E-state index is 0.391. The maximum absolute atomic E-state index is 5.70. The molecule has 2 aromatic heterocycles. The van der Waals surface area contributed by atoms with Gasteiger partial charge in [0.2, 0.25) is 0 Å². The molecule has 0 aliphatic rings.